The van der Waals surface area contributed by atoms with Crippen molar-refractivity contribution in [3.8, 4) is 0 Å². The van der Waals surface area contributed by atoms with E-state index in [-0.39, 0.29) is 29.6 Å². The number of aryl methyl sites for hydroxylation is 1. The summed E-state index contributed by atoms with van der Waals surface area (Å²) in [5, 5.41) is 3.60. The van der Waals surface area contributed by atoms with E-state index in [1.807, 2.05) is 25.1 Å². The fraction of sp³-hybridized carbons (Fsp3) is 0.421. The van der Waals surface area contributed by atoms with Gasteiger partial charge < -0.3 is 19.9 Å². The predicted molar refractivity (Wildman–Crippen MR) is 96.1 cm³/mol. The standard InChI is InChI=1S/C19H21N3O4/c1-12-2-3-15-13(8-12)14(9-16(23)21-15)18(25)22-6-4-19(5-7-22)11-20-17(24)10-26-19/h2-3,8-9H,4-7,10-11H2,1H3,(H,20,24)(H,21,23). The highest BCUT2D eigenvalue weighted by Gasteiger charge is 2.40. The number of likely N-dealkylation sites (tertiary alicyclic amines) is 1. The molecule has 4 rings (SSSR count). The number of fused-ring (bicyclic) bond motifs is 1. The number of H-pyrrole nitrogens is 1. The fourth-order valence-electron chi connectivity index (χ4n) is 3.73. The van der Waals surface area contributed by atoms with E-state index in [1.54, 1.807) is 4.90 Å². The number of nitrogens with zero attached hydrogens (tertiary/aromatic N) is 1. The molecule has 0 atom stereocenters. The molecule has 0 bridgehead atoms. The van der Waals surface area contributed by atoms with Crippen molar-refractivity contribution in [2.45, 2.75) is 25.4 Å². The lowest BCUT2D eigenvalue weighted by Crippen LogP contribution is -2.58. The number of morpholine rings is 1. The number of aromatic nitrogens is 1. The SMILES string of the molecule is Cc1ccc2[nH]c(=O)cc(C(=O)N3CCC4(CC3)CNC(=O)CO4)c2c1. The Labute approximate surface area is 150 Å². The van der Waals surface area contributed by atoms with Crippen LogP contribution in [0.4, 0.5) is 0 Å². The molecule has 2 aromatic rings. The molecule has 3 heterocycles. The number of carbonyl (C=O) groups is 2. The summed E-state index contributed by atoms with van der Waals surface area (Å²) >= 11 is 0. The van der Waals surface area contributed by atoms with E-state index in [2.05, 4.69) is 10.3 Å². The second-order valence-corrected chi connectivity index (χ2v) is 7.14. The van der Waals surface area contributed by atoms with Crippen LogP contribution >= 0.6 is 0 Å². The maximum atomic E-state index is 13.1. The van der Waals surface area contributed by atoms with Crippen LogP contribution in [-0.2, 0) is 9.53 Å². The lowest BCUT2D eigenvalue weighted by Gasteiger charge is -2.43. The van der Waals surface area contributed by atoms with Gasteiger partial charge in [0, 0.05) is 36.6 Å². The first-order valence-corrected chi connectivity index (χ1v) is 8.79. The largest absolute Gasteiger partial charge is 0.363 e. The summed E-state index contributed by atoms with van der Waals surface area (Å²) in [7, 11) is 0. The van der Waals surface area contributed by atoms with Crippen LogP contribution in [0.3, 0.4) is 0 Å². The Morgan fingerprint density at radius 1 is 1.19 bits per heavy atom. The van der Waals surface area contributed by atoms with Gasteiger partial charge in [0.05, 0.1) is 11.2 Å². The van der Waals surface area contributed by atoms with Gasteiger partial charge in [-0.2, -0.15) is 0 Å². The third kappa shape index (κ3) is 2.99. The second-order valence-electron chi connectivity index (χ2n) is 7.14. The first kappa shape index (κ1) is 16.8. The summed E-state index contributed by atoms with van der Waals surface area (Å²) in [6.07, 6.45) is 1.33. The number of pyridine rings is 1. The molecule has 136 valence electrons. The summed E-state index contributed by atoms with van der Waals surface area (Å²) in [6, 6.07) is 7.04. The Hall–Kier alpha value is -2.67. The van der Waals surface area contributed by atoms with Crippen molar-refractivity contribution < 1.29 is 14.3 Å². The van der Waals surface area contributed by atoms with Crippen molar-refractivity contribution in [3.05, 3.63) is 45.7 Å². The number of hydrogen-bond acceptors (Lipinski definition) is 4. The third-order valence-electron chi connectivity index (χ3n) is 5.31. The molecule has 0 unspecified atom stereocenters. The number of hydrogen-bond donors (Lipinski definition) is 2. The molecule has 2 fully saturated rings. The van der Waals surface area contributed by atoms with E-state index >= 15 is 0 Å². The number of ether oxygens (including phenoxy) is 1. The van der Waals surface area contributed by atoms with Gasteiger partial charge in [-0.3, -0.25) is 14.4 Å². The van der Waals surface area contributed by atoms with Crippen molar-refractivity contribution >= 4 is 22.7 Å². The molecule has 2 aliphatic heterocycles. The molecule has 1 aromatic heterocycles. The first-order chi connectivity index (χ1) is 12.5. The zero-order chi connectivity index (χ0) is 18.3. The average Bonchev–Trinajstić information content (AvgIpc) is 2.64. The maximum absolute atomic E-state index is 13.1. The molecule has 0 saturated carbocycles. The summed E-state index contributed by atoms with van der Waals surface area (Å²) in [6.45, 7) is 3.59. The monoisotopic (exact) mass is 355 g/mol. The number of benzene rings is 1. The van der Waals surface area contributed by atoms with Gasteiger partial charge >= 0.3 is 0 Å². The van der Waals surface area contributed by atoms with Crippen molar-refractivity contribution in [3.63, 3.8) is 0 Å². The summed E-state index contributed by atoms with van der Waals surface area (Å²) < 4.78 is 5.75. The Kier molecular flexibility index (Phi) is 4.03. The van der Waals surface area contributed by atoms with Crippen LogP contribution in [0.2, 0.25) is 0 Å². The van der Waals surface area contributed by atoms with Crippen LogP contribution in [0.1, 0.15) is 28.8 Å². The molecule has 0 radical (unpaired) electrons. The second kappa shape index (κ2) is 6.25. The molecular weight excluding hydrogens is 334 g/mol. The van der Waals surface area contributed by atoms with Crippen molar-refractivity contribution in [2.24, 2.45) is 0 Å². The van der Waals surface area contributed by atoms with Crippen LogP contribution in [0.25, 0.3) is 10.9 Å². The molecule has 0 aliphatic carbocycles. The van der Waals surface area contributed by atoms with Gasteiger partial charge in [0.25, 0.3) is 5.91 Å². The van der Waals surface area contributed by atoms with E-state index < -0.39 is 0 Å². The lowest BCUT2D eigenvalue weighted by molar-refractivity contribution is -0.149. The van der Waals surface area contributed by atoms with Crippen LogP contribution in [0.15, 0.2) is 29.1 Å². The summed E-state index contributed by atoms with van der Waals surface area (Å²) in [5.74, 6) is -0.235. The Morgan fingerprint density at radius 3 is 2.65 bits per heavy atom. The Morgan fingerprint density at radius 2 is 1.96 bits per heavy atom. The van der Waals surface area contributed by atoms with E-state index in [0.29, 0.717) is 43.6 Å². The van der Waals surface area contributed by atoms with E-state index in [0.717, 1.165) is 10.9 Å². The highest BCUT2D eigenvalue weighted by atomic mass is 16.5. The Bertz CT molecular complexity index is 929. The number of nitrogens with one attached hydrogen (secondary N) is 2. The molecular formula is C19H21N3O4. The van der Waals surface area contributed by atoms with Gasteiger partial charge in [-0.15, -0.1) is 0 Å². The number of piperidine rings is 1. The molecule has 7 nitrogen and oxygen atoms in total. The van der Waals surface area contributed by atoms with Crippen LogP contribution in [0, 0.1) is 6.92 Å². The first-order valence-electron chi connectivity index (χ1n) is 8.79. The van der Waals surface area contributed by atoms with Gasteiger partial charge in [0.15, 0.2) is 0 Å². The molecule has 1 aromatic carbocycles. The summed E-state index contributed by atoms with van der Waals surface area (Å²) in [4.78, 5) is 40.9. The van der Waals surface area contributed by atoms with E-state index in [1.165, 1.54) is 6.07 Å². The highest BCUT2D eigenvalue weighted by Crippen LogP contribution is 2.29. The molecule has 2 amide bonds. The molecule has 7 heteroatoms. The zero-order valence-corrected chi connectivity index (χ0v) is 14.6. The van der Waals surface area contributed by atoms with E-state index in [4.69, 9.17) is 4.74 Å². The van der Waals surface area contributed by atoms with Gasteiger partial charge in [0.1, 0.15) is 6.61 Å². The topological polar surface area (TPSA) is 91.5 Å². The number of carbonyl (C=O) groups excluding carboxylic acids is 2. The van der Waals surface area contributed by atoms with Crippen LogP contribution in [0.5, 0.6) is 0 Å². The van der Waals surface area contributed by atoms with Crippen LogP contribution in [-0.4, -0.2) is 53.5 Å². The quantitative estimate of drug-likeness (QED) is 0.797. The zero-order valence-electron chi connectivity index (χ0n) is 14.6. The Balaban J connectivity index is 1.58. The van der Waals surface area contributed by atoms with Gasteiger partial charge in [-0.1, -0.05) is 11.6 Å². The molecule has 2 saturated heterocycles. The minimum atomic E-state index is -0.377. The smallest absolute Gasteiger partial charge is 0.254 e. The normalized spacial score (nSPS) is 19.6. The van der Waals surface area contributed by atoms with Crippen molar-refractivity contribution in [2.75, 3.05) is 26.2 Å². The number of aromatic amines is 1. The molecule has 26 heavy (non-hydrogen) atoms. The van der Waals surface area contributed by atoms with Crippen LogP contribution < -0.4 is 10.9 Å². The minimum absolute atomic E-state index is 0.0753. The van der Waals surface area contributed by atoms with Gasteiger partial charge in [-0.05, 0) is 31.9 Å². The maximum Gasteiger partial charge on any atom is 0.254 e. The highest BCUT2D eigenvalue weighted by molar-refractivity contribution is 6.06. The van der Waals surface area contributed by atoms with Gasteiger partial charge in [0.2, 0.25) is 11.5 Å². The minimum Gasteiger partial charge on any atom is -0.363 e. The summed E-state index contributed by atoms with van der Waals surface area (Å²) in [5.41, 5.74) is 1.47. The number of amides is 2. The predicted octanol–water partition coefficient (Wildman–Crippen LogP) is 0.958. The fourth-order valence-corrected chi connectivity index (χ4v) is 3.73. The lowest BCUT2D eigenvalue weighted by atomic mass is 9.89. The molecule has 2 aliphatic rings. The van der Waals surface area contributed by atoms with E-state index in [9.17, 15) is 14.4 Å². The average molecular weight is 355 g/mol. The number of rotatable bonds is 1. The molecule has 1 spiro atoms. The van der Waals surface area contributed by atoms with Crippen molar-refractivity contribution in [1.82, 2.24) is 15.2 Å². The third-order valence-corrected chi connectivity index (χ3v) is 5.31. The van der Waals surface area contributed by atoms with Gasteiger partial charge in [-0.25, -0.2) is 0 Å². The molecule has 2 N–H and O–H groups in total. The van der Waals surface area contributed by atoms with Crippen molar-refractivity contribution in [1.29, 1.82) is 0 Å².